The second kappa shape index (κ2) is 10.9. The van der Waals surface area contributed by atoms with Gasteiger partial charge in [0, 0.05) is 18.7 Å². The molecule has 0 unspecified atom stereocenters. The zero-order chi connectivity index (χ0) is 23.3. The topological polar surface area (TPSA) is 49.4 Å². The number of unbranched alkanes of at least 4 members (excludes halogenated alkanes) is 2. The molecule has 168 valence electrons. The largest absolute Gasteiger partial charge is 0.326 e. The van der Waals surface area contributed by atoms with Crippen LogP contribution >= 0.6 is 24.0 Å². The summed E-state index contributed by atoms with van der Waals surface area (Å²) in [6.07, 6.45) is 4.84. The Hall–Kier alpha value is -2.44. The monoisotopic (exact) mass is 466 g/mol. The van der Waals surface area contributed by atoms with Gasteiger partial charge in [-0.3, -0.25) is 14.5 Å². The Bertz CT molecular complexity index is 1030. The van der Waals surface area contributed by atoms with Crippen LogP contribution < -0.4 is 5.32 Å². The molecule has 0 aliphatic carbocycles. The van der Waals surface area contributed by atoms with Crippen LogP contribution in [0.2, 0.25) is 0 Å². The third kappa shape index (κ3) is 6.30. The molecule has 1 heterocycles. The molecule has 2 aromatic rings. The molecule has 2 amide bonds. The molecule has 1 fully saturated rings. The first kappa shape index (κ1) is 24.2. The molecule has 1 saturated heterocycles. The van der Waals surface area contributed by atoms with Gasteiger partial charge in [0.25, 0.3) is 5.91 Å². The minimum atomic E-state index is -0.0244. The first-order valence-corrected chi connectivity index (χ1v) is 12.2. The lowest BCUT2D eigenvalue weighted by Crippen LogP contribution is -2.29. The SMILES string of the molecule is Cc1ccc(/C=C2\SC(=S)N(CCCCCC(=O)Nc3c(C)cc(C)cc3C)C2=O)cc1. The average Bonchev–Trinajstić information content (AvgIpc) is 2.99. The number of nitrogens with one attached hydrogen (secondary N) is 1. The van der Waals surface area contributed by atoms with Crippen LogP contribution in [-0.4, -0.2) is 27.6 Å². The molecule has 0 aromatic heterocycles. The van der Waals surface area contributed by atoms with Gasteiger partial charge in [0.05, 0.1) is 4.91 Å². The fourth-order valence-corrected chi connectivity index (χ4v) is 5.13. The van der Waals surface area contributed by atoms with Gasteiger partial charge in [-0.1, -0.05) is 77.9 Å². The summed E-state index contributed by atoms with van der Waals surface area (Å²) in [6.45, 7) is 8.73. The van der Waals surface area contributed by atoms with Gasteiger partial charge >= 0.3 is 0 Å². The third-order valence-electron chi connectivity index (χ3n) is 5.48. The number of hydrogen-bond donors (Lipinski definition) is 1. The third-order valence-corrected chi connectivity index (χ3v) is 6.85. The number of thioether (sulfide) groups is 1. The van der Waals surface area contributed by atoms with Gasteiger partial charge in [0.2, 0.25) is 5.91 Å². The quantitative estimate of drug-likeness (QED) is 0.281. The van der Waals surface area contributed by atoms with Gasteiger partial charge in [-0.05, 0) is 63.3 Å². The van der Waals surface area contributed by atoms with E-state index in [1.165, 1.54) is 22.9 Å². The fraction of sp³-hybridized carbons (Fsp3) is 0.346. The summed E-state index contributed by atoms with van der Waals surface area (Å²) < 4.78 is 0.608. The van der Waals surface area contributed by atoms with Crippen molar-refractivity contribution in [3.05, 3.63) is 69.1 Å². The van der Waals surface area contributed by atoms with E-state index >= 15 is 0 Å². The number of nitrogens with zero attached hydrogens (tertiary/aromatic N) is 1. The number of anilines is 1. The van der Waals surface area contributed by atoms with Gasteiger partial charge in [0.1, 0.15) is 4.32 Å². The highest BCUT2D eigenvalue weighted by molar-refractivity contribution is 8.26. The molecule has 1 N–H and O–H groups in total. The lowest BCUT2D eigenvalue weighted by Gasteiger charge is -2.14. The first-order chi connectivity index (χ1) is 15.2. The number of carbonyl (C=O) groups is 2. The number of aryl methyl sites for hydroxylation is 4. The number of rotatable bonds is 8. The molecule has 4 nitrogen and oxygen atoms in total. The van der Waals surface area contributed by atoms with E-state index in [2.05, 4.69) is 24.4 Å². The van der Waals surface area contributed by atoms with Gasteiger partial charge < -0.3 is 5.32 Å². The van der Waals surface area contributed by atoms with Gasteiger partial charge in [0.15, 0.2) is 0 Å². The molecular weight excluding hydrogens is 436 g/mol. The van der Waals surface area contributed by atoms with E-state index in [1.807, 2.05) is 51.1 Å². The Morgan fingerprint density at radius 3 is 2.31 bits per heavy atom. The van der Waals surface area contributed by atoms with Crippen molar-refractivity contribution >= 4 is 51.9 Å². The van der Waals surface area contributed by atoms with E-state index in [-0.39, 0.29) is 11.8 Å². The smallest absolute Gasteiger partial charge is 0.266 e. The van der Waals surface area contributed by atoms with Crippen LogP contribution in [0.4, 0.5) is 5.69 Å². The van der Waals surface area contributed by atoms with E-state index in [0.29, 0.717) is 22.2 Å². The minimum Gasteiger partial charge on any atom is -0.326 e. The zero-order valence-electron chi connectivity index (χ0n) is 19.2. The van der Waals surface area contributed by atoms with Crippen LogP contribution in [0.3, 0.4) is 0 Å². The Kier molecular flexibility index (Phi) is 8.26. The van der Waals surface area contributed by atoms with Crippen molar-refractivity contribution in [1.82, 2.24) is 4.90 Å². The summed E-state index contributed by atoms with van der Waals surface area (Å²) in [5, 5.41) is 3.05. The number of benzene rings is 2. The first-order valence-electron chi connectivity index (χ1n) is 10.9. The maximum atomic E-state index is 12.7. The predicted octanol–water partition coefficient (Wildman–Crippen LogP) is 6.32. The molecule has 1 aliphatic heterocycles. The summed E-state index contributed by atoms with van der Waals surface area (Å²) in [6, 6.07) is 12.2. The van der Waals surface area contributed by atoms with Crippen molar-refractivity contribution in [3.63, 3.8) is 0 Å². The van der Waals surface area contributed by atoms with Gasteiger partial charge in [-0.2, -0.15) is 0 Å². The van der Waals surface area contributed by atoms with Crippen molar-refractivity contribution in [2.24, 2.45) is 0 Å². The highest BCUT2D eigenvalue weighted by Crippen LogP contribution is 2.32. The fourth-order valence-electron chi connectivity index (χ4n) is 3.82. The molecular formula is C26H30N2O2S2. The summed E-state index contributed by atoms with van der Waals surface area (Å²) >= 11 is 6.78. The number of hydrogen-bond acceptors (Lipinski definition) is 4. The molecule has 0 spiro atoms. The molecule has 1 aliphatic rings. The Morgan fingerprint density at radius 2 is 1.66 bits per heavy atom. The molecule has 0 saturated carbocycles. The predicted molar refractivity (Wildman–Crippen MR) is 139 cm³/mol. The summed E-state index contributed by atoms with van der Waals surface area (Å²) in [5.41, 5.74) is 6.47. The highest BCUT2D eigenvalue weighted by Gasteiger charge is 2.31. The van der Waals surface area contributed by atoms with Crippen molar-refractivity contribution < 1.29 is 9.59 Å². The van der Waals surface area contributed by atoms with E-state index < -0.39 is 0 Å². The van der Waals surface area contributed by atoms with E-state index in [4.69, 9.17) is 12.2 Å². The number of thiocarbonyl (C=S) groups is 1. The minimum absolute atomic E-state index is 0.0244. The summed E-state index contributed by atoms with van der Waals surface area (Å²) in [5.74, 6) is 0.00957. The van der Waals surface area contributed by atoms with Crippen LogP contribution in [0.25, 0.3) is 6.08 Å². The second-order valence-electron chi connectivity index (χ2n) is 8.38. The van der Waals surface area contributed by atoms with Gasteiger partial charge in [-0.15, -0.1) is 0 Å². The number of carbonyl (C=O) groups excluding carboxylic acids is 2. The average molecular weight is 467 g/mol. The molecule has 32 heavy (non-hydrogen) atoms. The van der Waals surface area contributed by atoms with Crippen molar-refractivity contribution in [2.75, 3.05) is 11.9 Å². The normalized spacial score (nSPS) is 15.0. The molecule has 6 heteroatoms. The van der Waals surface area contributed by atoms with Crippen LogP contribution in [0.1, 0.15) is 53.5 Å². The Balaban J connectivity index is 1.43. The van der Waals surface area contributed by atoms with Gasteiger partial charge in [-0.25, -0.2) is 0 Å². The van der Waals surface area contributed by atoms with Crippen molar-refractivity contribution in [3.8, 4) is 0 Å². The van der Waals surface area contributed by atoms with Crippen LogP contribution in [0.15, 0.2) is 41.3 Å². The zero-order valence-corrected chi connectivity index (χ0v) is 20.8. The van der Waals surface area contributed by atoms with Crippen LogP contribution in [-0.2, 0) is 9.59 Å². The van der Waals surface area contributed by atoms with Crippen LogP contribution in [0, 0.1) is 27.7 Å². The molecule has 0 atom stereocenters. The van der Waals surface area contributed by atoms with Crippen LogP contribution in [0.5, 0.6) is 0 Å². The summed E-state index contributed by atoms with van der Waals surface area (Å²) in [7, 11) is 0. The Labute approximate surface area is 200 Å². The van der Waals surface area contributed by atoms with Crippen molar-refractivity contribution in [1.29, 1.82) is 0 Å². The standard InChI is InChI=1S/C26H30N2O2S2/c1-17-9-11-21(12-10-17)16-22-25(30)28(26(31)32-22)13-7-5-6-8-23(29)27-24-19(3)14-18(2)15-20(24)4/h9-12,14-16H,5-8,13H2,1-4H3,(H,27,29)/b22-16-. The lowest BCUT2D eigenvalue weighted by molar-refractivity contribution is -0.122. The summed E-state index contributed by atoms with van der Waals surface area (Å²) in [4.78, 5) is 27.4. The maximum Gasteiger partial charge on any atom is 0.266 e. The molecule has 3 rings (SSSR count). The van der Waals surface area contributed by atoms with Crippen molar-refractivity contribution in [2.45, 2.75) is 53.4 Å². The molecule has 2 aromatic carbocycles. The molecule has 0 radical (unpaired) electrons. The highest BCUT2D eigenvalue weighted by atomic mass is 32.2. The Morgan fingerprint density at radius 1 is 1.00 bits per heavy atom. The lowest BCUT2D eigenvalue weighted by atomic mass is 10.0. The van der Waals surface area contributed by atoms with E-state index in [9.17, 15) is 9.59 Å². The number of amides is 2. The molecule has 0 bridgehead atoms. The second-order valence-corrected chi connectivity index (χ2v) is 10.1. The van der Waals surface area contributed by atoms with E-state index in [0.717, 1.165) is 41.6 Å². The van der Waals surface area contributed by atoms with E-state index in [1.54, 1.807) is 4.90 Å². The maximum absolute atomic E-state index is 12.7.